The van der Waals surface area contributed by atoms with Crippen LogP contribution in [0.4, 0.5) is 17.1 Å². The molecule has 0 amide bonds. The Hall–Kier alpha value is -5.66. The molecule has 0 unspecified atom stereocenters. The molecular weight excluding hydrogens is 591 g/mol. The first-order chi connectivity index (χ1) is 26.3. The van der Waals surface area contributed by atoms with Crippen LogP contribution in [0, 0.1) is 0 Å². The molecule has 0 saturated heterocycles. The number of hydrogen-bond acceptors (Lipinski definition) is 1. The molecule has 0 atom stereocenters. The van der Waals surface area contributed by atoms with Crippen molar-refractivity contribution in [1.82, 2.24) is 0 Å². The maximum Gasteiger partial charge on any atom is 0.0540 e. The molecule has 7 aromatic carbocycles. The van der Waals surface area contributed by atoms with E-state index in [0.29, 0.717) is 22.4 Å². The standard InChI is InChI=1S/C48H39N/c1-47(2)41-23-13-11-21-38(41)39-28-26-34(30-43(39)47)49(45-25-14-12-20-36(45)32-16-7-5-8-17-32)35-27-29-40-44(31-35)48(3,4)42-24-15-22-37(46(40)42)33-18-9-6-10-19-33/h5-31H,1-4H3/i3D3,4D3. The summed E-state index contributed by atoms with van der Waals surface area (Å²) in [5.74, 6) is 0. The first kappa shape index (κ1) is 23.6. The minimum absolute atomic E-state index is 0.266. The lowest BCUT2D eigenvalue weighted by Gasteiger charge is -2.31. The van der Waals surface area contributed by atoms with Crippen LogP contribution >= 0.6 is 0 Å². The van der Waals surface area contributed by atoms with Crippen LogP contribution in [0.5, 0.6) is 0 Å². The maximum atomic E-state index is 9.07. The molecule has 0 heterocycles. The van der Waals surface area contributed by atoms with Gasteiger partial charge in [-0.1, -0.05) is 161 Å². The first-order valence-electron chi connectivity index (χ1n) is 19.9. The van der Waals surface area contributed by atoms with Crippen LogP contribution in [0.15, 0.2) is 164 Å². The van der Waals surface area contributed by atoms with Gasteiger partial charge in [-0.3, -0.25) is 0 Å². The average molecular weight is 636 g/mol. The third kappa shape index (κ3) is 4.46. The van der Waals surface area contributed by atoms with Crippen molar-refractivity contribution < 1.29 is 8.22 Å². The van der Waals surface area contributed by atoms with E-state index in [1.54, 1.807) is 12.1 Å². The Labute approximate surface area is 298 Å². The van der Waals surface area contributed by atoms with Gasteiger partial charge in [-0.2, -0.15) is 0 Å². The van der Waals surface area contributed by atoms with Crippen molar-refractivity contribution in [2.45, 2.75) is 38.4 Å². The molecule has 0 aromatic heterocycles. The highest BCUT2D eigenvalue weighted by Gasteiger charge is 2.39. The van der Waals surface area contributed by atoms with Gasteiger partial charge in [-0.05, 0) is 91.5 Å². The number of rotatable bonds is 5. The second-order valence-electron chi connectivity index (χ2n) is 13.7. The van der Waals surface area contributed by atoms with Crippen molar-refractivity contribution >= 4 is 17.1 Å². The summed E-state index contributed by atoms with van der Waals surface area (Å²) in [5, 5.41) is 0. The van der Waals surface area contributed by atoms with Gasteiger partial charge in [0.15, 0.2) is 0 Å². The molecule has 0 aliphatic heterocycles. The zero-order valence-corrected chi connectivity index (χ0v) is 27.5. The van der Waals surface area contributed by atoms with Gasteiger partial charge in [-0.25, -0.2) is 0 Å². The van der Waals surface area contributed by atoms with Crippen molar-refractivity contribution in [2.75, 3.05) is 4.90 Å². The molecule has 1 heteroatoms. The number of anilines is 3. The van der Waals surface area contributed by atoms with E-state index in [1.807, 2.05) is 84.9 Å². The third-order valence-corrected chi connectivity index (χ3v) is 10.5. The van der Waals surface area contributed by atoms with Crippen LogP contribution in [0.3, 0.4) is 0 Å². The summed E-state index contributed by atoms with van der Waals surface area (Å²) in [7, 11) is 0. The Bertz CT molecular complexity index is 2590. The van der Waals surface area contributed by atoms with Crippen molar-refractivity contribution in [2.24, 2.45) is 0 Å². The van der Waals surface area contributed by atoms with E-state index in [9.17, 15) is 0 Å². The number of para-hydroxylation sites is 1. The zero-order valence-electron chi connectivity index (χ0n) is 33.5. The largest absolute Gasteiger partial charge is 0.310 e. The predicted molar refractivity (Wildman–Crippen MR) is 207 cm³/mol. The topological polar surface area (TPSA) is 3.24 Å². The van der Waals surface area contributed by atoms with E-state index in [4.69, 9.17) is 8.22 Å². The third-order valence-electron chi connectivity index (χ3n) is 10.5. The minimum Gasteiger partial charge on any atom is -0.310 e. The molecule has 0 bridgehead atoms. The molecule has 0 radical (unpaired) electrons. The molecular formula is C48H39N. The van der Waals surface area contributed by atoms with Crippen LogP contribution in [0.2, 0.25) is 0 Å². The van der Waals surface area contributed by atoms with Crippen molar-refractivity contribution in [3.05, 3.63) is 186 Å². The summed E-state index contributed by atoms with van der Waals surface area (Å²) in [6, 6.07) is 54.4. The molecule has 2 aliphatic carbocycles. The molecule has 1 nitrogen and oxygen atoms in total. The smallest absolute Gasteiger partial charge is 0.0540 e. The Morgan fingerprint density at radius 1 is 0.408 bits per heavy atom. The Morgan fingerprint density at radius 3 is 1.61 bits per heavy atom. The first-order valence-corrected chi connectivity index (χ1v) is 16.9. The van der Waals surface area contributed by atoms with Gasteiger partial charge in [0.25, 0.3) is 0 Å². The van der Waals surface area contributed by atoms with Crippen LogP contribution in [-0.4, -0.2) is 0 Å². The molecule has 0 saturated carbocycles. The van der Waals surface area contributed by atoms with E-state index in [2.05, 4.69) is 85.5 Å². The summed E-state index contributed by atoms with van der Waals surface area (Å²) >= 11 is 0. The van der Waals surface area contributed by atoms with E-state index in [1.165, 1.54) is 22.3 Å². The average Bonchev–Trinajstić information content (AvgIpc) is 3.62. The van der Waals surface area contributed by atoms with Gasteiger partial charge in [-0.15, -0.1) is 0 Å². The minimum atomic E-state index is -2.91. The summed E-state index contributed by atoms with van der Waals surface area (Å²) in [6.45, 7) is -1.33. The molecule has 0 spiro atoms. The lowest BCUT2D eigenvalue weighted by Crippen LogP contribution is -2.18. The summed E-state index contributed by atoms with van der Waals surface area (Å²) in [5.41, 5.74) is 10.3. The quantitative estimate of drug-likeness (QED) is 0.182. The molecule has 2 aliphatic rings. The molecule has 0 fully saturated rings. The Balaban J connectivity index is 1.34. The highest BCUT2D eigenvalue weighted by Crippen LogP contribution is 2.55. The van der Waals surface area contributed by atoms with Crippen LogP contribution in [-0.2, 0) is 10.8 Å². The van der Waals surface area contributed by atoms with E-state index < -0.39 is 19.1 Å². The van der Waals surface area contributed by atoms with E-state index in [-0.39, 0.29) is 11.0 Å². The zero-order chi connectivity index (χ0) is 38.3. The lowest BCUT2D eigenvalue weighted by atomic mass is 9.81. The van der Waals surface area contributed by atoms with Gasteiger partial charge in [0.1, 0.15) is 0 Å². The fourth-order valence-electron chi connectivity index (χ4n) is 8.15. The number of hydrogen-bond donors (Lipinski definition) is 0. The summed E-state index contributed by atoms with van der Waals surface area (Å²) in [6.07, 6.45) is 0. The van der Waals surface area contributed by atoms with Gasteiger partial charge < -0.3 is 4.90 Å². The van der Waals surface area contributed by atoms with Crippen LogP contribution < -0.4 is 4.90 Å². The van der Waals surface area contributed by atoms with Gasteiger partial charge in [0, 0.05) is 36.0 Å². The molecule has 0 N–H and O–H groups in total. The van der Waals surface area contributed by atoms with Gasteiger partial charge >= 0.3 is 0 Å². The fraction of sp³-hybridized carbons (Fsp3) is 0.125. The molecule has 49 heavy (non-hydrogen) atoms. The Kier molecular flexibility index (Phi) is 5.27. The fourth-order valence-corrected chi connectivity index (χ4v) is 8.15. The monoisotopic (exact) mass is 635 g/mol. The molecule has 236 valence electrons. The normalized spacial score (nSPS) is 16.8. The van der Waals surface area contributed by atoms with E-state index in [0.717, 1.165) is 33.6 Å². The number of benzene rings is 7. The highest BCUT2D eigenvalue weighted by molar-refractivity contribution is 5.95. The van der Waals surface area contributed by atoms with Gasteiger partial charge in [0.2, 0.25) is 0 Å². The van der Waals surface area contributed by atoms with E-state index >= 15 is 0 Å². The number of nitrogens with zero attached hydrogens (tertiary/aromatic N) is 1. The SMILES string of the molecule is [2H]C([2H])([2H])C1(C([2H])([2H])[2H])c2cc(N(c3ccc4c(c3)C(C)(C)c3ccccc3-4)c3ccccc3-c3ccccc3)ccc2-c2c(-c3ccccc3)cccc21. The second kappa shape index (κ2) is 10.9. The summed E-state index contributed by atoms with van der Waals surface area (Å²) < 4.78 is 54.4. The van der Waals surface area contributed by atoms with Crippen LogP contribution in [0.1, 0.15) is 58.0 Å². The van der Waals surface area contributed by atoms with Gasteiger partial charge in [0.05, 0.1) is 5.69 Å². The second-order valence-corrected chi connectivity index (χ2v) is 13.7. The number of fused-ring (bicyclic) bond motifs is 6. The molecule has 9 rings (SSSR count). The lowest BCUT2D eigenvalue weighted by molar-refractivity contribution is 0.660. The Morgan fingerprint density at radius 2 is 0.918 bits per heavy atom. The maximum absolute atomic E-state index is 9.07. The van der Waals surface area contributed by atoms with Crippen molar-refractivity contribution in [3.63, 3.8) is 0 Å². The van der Waals surface area contributed by atoms with Crippen molar-refractivity contribution in [1.29, 1.82) is 0 Å². The van der Waals surface area contributed by atoms with Crippen LogP contribution in [0.25, 0.3) is 44.5 Å². The highest BCUT2D eigenvalue weighted by atomic mass is 15.1. The summed E-state index contributed by atoms with van der Waals surface area (Å²) in [4.78, 5) is 2.16. The van der Waals surface area contributed by atoms with Crippen molar-refractivity contribution in [3.8, 4) is 44.5 Å². The predicted octanol–water partition coefficient (Wildman–Crippen LogP) is 13.1. The molecule has 7 aromatic rings.